The lowest BCUT2D eigenvalue weighted by Gasteiger charge is -2.45. The third-order valence-electron chi connectivity index (χ3n) is 6.84. The number of hydrogen-bond acceptors (Lipinski definition) is 6. The third kappa shape index (κ3) is 2.73. The fourth-order valence-electron chi connectivity index (χ4n) is 5.45. The molecule has 0 saturated carbocycles. The van der Waals surface area contributed by atoms with Crippen molar-refractivity contribution in [2.75, 3.05) is 32.6 Å². The van der Waals surface area contributed by atoms with Gasteiger partial charge in [0.2, 0.25) is 0 Å². The standard InChI is InChI=1S/C22H28N2O4/c1-4-14-12-24-10-9-22(20(25)15-7-5-6-8-18(15)23-22)19(24)11-16(14)17(13-27-2)21(26)28-3/h5-8,13-14,16,19,23H,4,9-12H2,1-3H3/b17-13-/t14-,16+,19?,22+/m1/s1. The minimum absolute atomic E-state index is 0.00642. The molecular weight excluding hydrogens is 356 g/mol. The van der Waals surface area contributed by atoms with Crippen LogP contribution in [0.5, 0.6) is 0 Å². The zero-order valence-electron chi connectivity index (χ0n) is 16.7. The Bertz CT molecular complexity index is 821. The molecule has 6 nitrogen and oxygen atoms in total. The topological polar surface area (TPSA) is 67.9 Å². The molecule has 4 rings (SSSR count). The number of esters is 1. The number of Topliss-reactive ketones (excluding diaryl/α,β-unsaturated/α-hetero) is 1. The first kappa shape index (κ1) is 19.0. The van der Waals surface area contributed by atoms with E-state index >= 15 is 0 Å². The summed E-state index contributed by atoms with van der Waals surface area (Å²) in [4.78, 5) is 28.3. The predicted molar refractivity (Wildman–Crippen MR) is 106 cm³/mol. The molecule has 1 unspecified atom stereocenters. The minimum atomic E-state index is -0.602. The van der Waals surface area contributed by atoms with Crippen molar-refractivity contribution >= 4 is 17.4 Å². The van der Waals surface area contributed by atoms with Crippen LogP contribution in [0.2, 0.25) is 0 Å². The smallest absolute Gasteiger partial charge is 0.337 e. The molecule has 0 amide bonds. The Morgan fingerprint density at radius 2 is 2.14 bits per heavy atom. The molecule has 28 heavy (non-hydrogen) atoms. The molecule has 0 bridgehead atoms. The number of fused-ring (bicyclic) bond motifs is 3. The van der Waals surface area contributed by atoms with E-state index < -0.39 is 5.54 Å². The average molecular weight is 384 g/mol. The van der Waals surface area contributed by atoms with Gasteiger partial charge in [-0.2, -0.15) is 0 Å². The molecule has 0 aromatic heterocycles. The van der Waals surface area contributed by atoms with Crippen molar-refractivity contribution in [1.82, 2.24) is 4.90 Å². The van der Waals surface area contributed by atoms with Crippen molar-refractivity contribution < 1.29 is 19.1 Å². The molecule has 3 heterocycles. The Hall–Kier alpha value is -2.34. The van der Waals surface area contributed by atoms with Gasteiger partial charge in [-0.15, -0.1) is 0 Å². The molecule has 1 spiro atoms. The molecule has 1 aromatic rings. The molecule has 0 radical (unpaired) electrons. The molecular formula is C22H28N2O4. The second kappa shape index (κ2) is 7.24. The Morgan fingerprint density at radius 1 is 1.36 bits per heavy atom. The zero-order chi connectivity index (χ0) is 19.9. The lowest BCUT2D eigenvalue weighted by atomic mass is 9.72. The van der Waals surface area contributed by atoms with Crippen LogP contribution < -0.4 is 5.32 Å². The molecule has 150 valence electrons. The Kier molecular flexibility index (Phi) is 4.91. The molecule has 4 atom stereocenters. The summed E-state index contributed by atoms with van der Waals surface area (Å²) in [5.41, 5.74) is 1.67. The Balaban J connectivity index is 1.68. The highest BCUT2D eigenvalue weighted by atomic mass is 16.5. The van der Waals surface area contributed by atoms with Crippen LogP contribution >= 0.6 is 0 Å². The van der Waals surface area contributed by atoms with E-state index in [4.69, 9.17) is 9.47 Å². The molecule has 2 saturated heterocycles. The number of piperidine rings is 1. The summed E-state index contributed by atoms with van der Waals surface area (Å²) in [5, 5.41) is 3.57. The fourth-order valence-corrected chi connectivity index (χ4v) is 5.45. The molecule has 3 aliphatic rings. The summed E-state index contributed by atoms with van der Waals surface area (Å²) < 4.78 is 10.2. The van der Waals surface area contributed by atoms with Crippen molar-refractivity contribution in [1.29, 1.82) is 0 Å². The van der Waals surface area contributed by atoms with Gasteiger partial charge in [0.05, 0.1) is 26.1 Å². The van der Waals surface area contributed by atoms with Gasteiger partial charge in [-0.3, -0.25) is 9.69 Å². The SMILES string of the molecule is CC[C@@H]1CN2CC[C@]3(Nc4ccccc4C3=O)C2C[C@@H]1/C(=C/OC)C(=O)OC. The Morgan fingerprint density at radius 3 is 2.82 bits per heavy atom. The number of ether oxygens (including phenoxy) is 2. The number of para-hydroxylation sites is 1. The molecule has 0 aliphatic carbocycles. The van der Waals surface area contributed by atoms with Crippen LogP contribution in [0, 0.1) is 11.8 Å². The van der Waals surface area contributed by atoms with Gasteiger partial charge < -0.3 is 14.8 Å². The summed E-state index contributed by atoms with van der Waals surface area (Å²) in [7, 11) is 2.95. The quantitative estimate of drug-likeness (QED) is 0.489. The van der Waals surface area contributed by atoms with Crippen molar-refractivity contribution in [2.45, 2.75) is 37.8 Å². The van der Waals surface area contributed by atoms with E-state index in [1.165, 1.54) is 13.4 Å². The maximum atomic E-state index is 13.4. The lowest BCUT2D eigenvalue weighted by molar-refractivity contribution is -0.137. The van der Waals surface area contributed by atoms with Crippen LogP contribution in [0.1, 0.15) is 36.5 Å². The van der Waals surface area contributed by atoms with E-state index in [0.29, 0.717) is 11.5 Å². The normalized spacial score (nSPS) is 32.0. The number of methoxy groups -OCH3 is 2. The van der Waals surface area contributed by atoms with Gasteiger partial charge in [0.1, 0.15) is 5.54 Å². The molecule has 1 aromatic carbocycles. The monoisotopic (exact) mass is 384 g/mol. The van der Waals surface area contributed by atoms with E-state index in [1.807, 2.05) is 24.3 Å². The molecule has 6 heteroatoms. The first-order valence-corrected chi connectivity index (χ1v) is 10.0. The van der Waals surface area contributed by atoms with Crippen molar-refractivity contribution in [3.8, 4) is 0 Å². The summed E-state index contributed by atoms with van der Waals surface area (Å²) in [6.07, 6.45) is 4.00. The summed E-state index contributed by atoms with van der Waals surface area (Å²) in [6, 6.07) is 7.80. The van der Waals surface area contributed by atoms with E-state index in [-0.39, 0.29) is 23.7 Å². The van der Waals surface area contributed by atoms with Crippen molar-refractivity contribution in [3.63, 3.8) is 0 Å². The van der Waals surface area contributed by atoms with Gasteiger partial charge in [0.25, 0.3) is 0 Å². The Labute approximate surface area is 165 Å². The van der Waals surface area contributed by atoms with Crippen LogP contribution in [-0.4, -0.2) is 55.5 Å². The number of anilines is 1. The summed E-state index contributed by atoms with van der Waals surface area (Å²) in [5.74, 6) is 0.164. The number of carbonyl (C=O) groups is 2. The van der Waals surface area contributed by atoms with Crippen molar-refractivity contribution in [2.24, 2.45) is 11.8 Å². The van der Waals surface area contributed by atoms with Crippen LogP contribution in [0.3, 0.4) is 0 Å². The second-order valence-corrected chi connectivity index (χ2v) is 8.04. The number of nitrogens with zero attached hydrogens (tertiary/aromatic N) is 1. The number of benzene rings is 1. The minimum Gasteiger partial charge on any atom is -0.504 e. The van der Waals surface area contributed by atoms with Crippen LogP contribution in [0.15, 0.2) is 36.1 Å². The van der Waals surface area contributed by atoms with Crippen molar-refractivity contribution in [3.05, 3.63) is 41.7 Å². The fraction of sp³-hybridized carbons (Fsp3) is 0.545. The van der Waals surface area contributed by atoms with Crippen LogP contribution in [-0.2, 0) is 14.3 Å². The number of carbonyl (C=O) groups excluding carboxylic acids is 2. The highest BCUT2D eigenvalue weighted by Crippen LogP contribution is 2.48. The average Bonchev–Trinajstić information content (AvgIpc) is 3.23. The van der Waals surface area contributed by atoms with Gasteiger partial charge in [-0.1, -0.05) is 25.5 Å². The maximum absolute atomic E-state index is 13.4. The van der Waals surface area contributed by atoms with E-state index in [9.17, 15) is 9.59 Å². The second-order valence-electron chi connectivity index (χ2n) is 8.04. The maximum Gasteiger partial charge on any atom is 0.337 e. The molecule has 2 fully saturated rings. The van der Waals surface area contributed by atoms with E-state index in [0.717, 1.165) is 43.6 Å². The number of hydrogen-bond donors (Lipinski definition) is 1. The van der Waals surface area contributed by atoms with Crippen LogP contribution in [0.4, 0.5) is 5.69 Å². The van der Waals surface area contributed by atoms with Gasteiger partial charge in [0.15, 0.2) is 5.78 Å². The number of ketones is 1. The summed E-state index contributed by atoms with van der Waals surface area (Å²) >= 11 is 0. The van der Waals surface area contributed by atoms with Crippen LogP contribution in [0.25, 0.3) is 0 Å². The number of nitrogens with one attached hydrogen (secondary N) is 1. The first-order chi connectivity index (χ1) is 13.6. The zero-order valence-corrected chi connectivity index (χ0v) is 16.7. The highest BCUT2D eigenvalue weighted by molar-refractivity contribution is 6.14. The first-order valence-electron chi connectivity index (χ1n) is 10.0. The summed E-state index contributed by atoms with van der Waals surface area (Å²) in [6.45, 7) is 3.92. The highest BCUT2D eigenvalue weighted by Gasteiger charge is 2.59. The van der Waals surface area contributed by atoms with E-state index in [2.05, 4.69) is 17.1 Å². The number of rotatable bonds is 4. The van der Waals surface area contributed by atoms with Gasteiger partial charge in [-0.25, -0.2) is 4.79 Å². The largest absolute Gasteiger partial charge is 0.504 e. The lowest BCUT2D eigenvalue weighted by Crippen LogP contribution is -2.57. The van der Waals surface area contributed by atoms with Gasteiger partial charge >= 0.3 is 5.97 Å². The predicted octanol–water partition coefficient (Wildman–Crippen LogP) is 2.86. The van der Waals surface area contributed by atoms with E-state index in [1.54, 1.807) is 7.11 Å². The molecule has 3 aliphatic heterocycles. The molecule has 1 N–H and O–H groups in total. The van der Waals surface area contributed by atoms with Gasteiger partial charge in [0, 0.05) is 30.4 Å². The third-order valence-corrected chi connectivity index (χ3v) is 6.84. The van der Waals surface area contributed by atoms with Gasteiger partial charge in [-0.05, 0) is 36.8 Å².